The molecular formula is C29H37FN2O5. The number of carbonyl (C=O) groups is 2. The van der Waals surface area contributed by atoms with Crippen LogP contribution in [0.15, 0.2) is 48.5 Å². The molecule has 2 fully saturated rings. The van der Waals surface area contributed by atoms with Gasteiger partial charge in [-0.3, -0.25) is 4.79 Å². The number of halogens is 1. The highest BCUT2D eigenvalue weighted by Crippen LogP contribution is 2.35. The van der Waals surface area contributed by atoms with Crippen LogP contribution in [0.4, 0.5) is 10.1 Å². The molecule has 2 aliphatic rings. The van der Waals surface area contributed by atoms with Crippen molar-refractivity contribution in [3.8, 4) is 5.75 Å². The summed E-state index contributed by atoms with van der Waals surface area (Å²) >= 11 is 0. The first-order valence-corrected chi connectivity index (χ1v) is 13.1. The van der Waals surface area contributed by atoms with Gasteiger partial charge in [0.2, 0.25) is 5.91 Å². The third-order valence-electron chi connectivity index (χ3n) is 7.01. The van der Waals surface area contributed by atoms with Gasteiger partial charge in [0.25, 0.3) is 0 Å². The van der Waals surface area contributed by atoms with Crippen molar-refractivity contribution < 1.29 is 28.2 Å². The molecule has 2 saturated heterocycles. The van der Waals surface area contributed by atoms with Crippen molar-refractivity contribution >= 4 is 17.9 Å². The van der Waals surface area contributed by atoms with Crippen LogP contribution in [0.5, 0.6) is 5.75 Å². The number of aryl methyl sites for hydroxylation is 1. The summed E-state index contributed by atoms with van der Waals surface area (Å²) in [6.07, 6.45) is 1.49. The Morgan fingerprint density at radius 1 is 1.08 bits per heavy atom. The molecule has 4 rings (SSSR count). The van der Waals surface area contributed by atoms with Crippen LogP contribution in [0.1, 0.15) is 39.2 Å². The summed E-state index contributed by atoms with van der Waals surface area (Å²) in [5, 5.41) is 0. The number of hydrogen-bond acceptors (Lipinski definition) is 6. The van der Waals surface area contributed by atoms with Crippen LogP contribution in [0.2, 0.25) is 0 Å². The van der Waals surface area contributed by atoms with Crippen LogP contribution in [0.25, 0.3) is 0 Å². The lowest BCUT2D eigenvalue weighted by molar-refractivity contribution is -0.159. The summed E-state index contributed by atoms with van der Waals surface area (Å²) in [7, 11) is 0. The molecule has 2 aromatic carbocycles. The lowest BCUT2D eigenvalue weighted by Gasteiger charge is -2.38. The Labute approximate surface area is 218 Å². The van der Waals surface area contributed by atoms with Crippen LogP contribution < -0.4 is 9.64 Å². The van der Waals surface area contributed by atoms with E-state index in [1.807, 2.05) is 36.1 Å². The minimum Gasteiger partial charge on any atom is -0.494 e. The highest BCUT2D eigenvalue weighted by Gasteiger charge is 2.48. The van der Waals surface area contributed by atoms with Crippen molar-refractivity contribution in [2.75, 3.05) is 37.7 Å². The van der Waals surface area contributed by atoms with E-state index < -0.39 is 23.9 Å². The fourth-order valence-corrected chi connectivity index (χ4v) is 5.18. The van der Waals surface area contributed by atoms with E-state index in [4.69, 9.17) is 14.2 Å². The summed E-state index contributed by atoms with van der Waals surface area (Å²) in [6.45, 7) is 8.53. The first kappa shape index (κ1) is 27.1. The van der Waals surface area contributed by atoms with Crippen molar-refractivity contribution in [2.24, 2.45) is 5.92 Å². The van der Waals surface area contributed by atoms with Crippen LogP contribution >= 0.6 is 0 Å². The summed E-state index contributed by atoms with van der Waals surface area (Å²) in [5.41, 5.74) is 2.11. The molecular weight excluding hydrogens is 475 g/mol. The smallest absolute Gasteiger partial charge is 0.228 e. The van der Waals surface area contributed by atoms with E-state index >= 15 is 0 Å². The number of amides is 1. The maximum absolute atomic E-state index is 13.8. The molecule has 1 unspecified atom stereocenters. The fraction of sp³-hybridized carbons (Fsp3) is 0.517. The van der Waals surface area contributed by atoms with Gasteiger partial charge in [0.05, 0.1) is 12.5 Å². The van der Waals surface area contributed by atoms with Crippen molar-refractivity contribution in [1.29, 1.82) is 0 Å². The maximum Gasteiger partial charge on any atom is 0.228 e. The third-order valence-corrected chi connectivity index (χ3v) is 7.01. The monoisotopic (exact) mass is 512 g/mol. The molecule has 2 heterocycles. The van der Waals surface area contributed by atoms with Gasteiger partial charge in [0.15, 0.2) is 12.1 Å². The molecule has 3 atom stereocenters. The molecule has 7 nitrogen and oxygen atoms in total. The van der Waals surface area contributed by atoms with E-state index in [-0.39, 0.29) is 11.7 Å². The molecule has 2 aliphatic heterocycles. The Morgan fingerprint density at radius 3 is 2.38 bits per heavy atom. The Balaban J connectivity index is 1.42. The van der Waals surface area contributed by atoms with Gasteiger partial charge in [0.1, 0.15) is 23.8 Å². The second kappa shape index (κ2) is 12.0. The van der Waals surface area contributed by atoms with Gasteiger partial charge in [-0.25, -0.2) is 4.39 Å². The molecule has 0 aromatic heterocycles. The van der Waals surface area contributed by atoms with Crippen molar-refractivity contribution in [3.63, 3.8) is 0 Å². The Kier molecular flexibility index (Phi) is 8.82. The third kappa shape index (κ3) is 6.87. The fourth-order valence-electron chi connectivity index (χ4n) is 5.18. The zero-order chi connectivity index (χ0) is 26.4. The summed E-state index contributed by atoms with van der Waals surface area (Å²) < 4.78 is 30.7. The molecule has 0 radical (unpaired) electrons. The van der Waals surface area contributed by atoms with Gasteiger partial charge >= 0.3 is 0 Å². The highest BCUT2D eigenvalue weighted by molar-refractivity contribution is 5.80. The van der Waals surface area contributed by atoms with E-state index in [9.17, 15) is 14.0 Å². The molecule has 0 saturated carbocycles. The van der Waals surface area contributed by atoms with E-state index in [0.29, 0.717) is 39.2 Å². The van der Waals surface area contributed by atoms with Crippen LogP contribution in [0.3, 0.4) is 0 Å². The average Bonchev–Trinajstić information content (AvgIpc) is 3.22. The molecule has 0 N–H and O–H groups in total. The minimum atomic E-state index is -0.925. The summed E-state index contributed by atoms with van der Waals surface area (Å²) in [4.78, 5) is 29.6. The molecule has 0 bridgehead atoms. The molecule has 8 heteroatoms. The van der Waals surface area contributed by atoms with Gasteiger partial charge in [-0.15, -0.1) is 0 Å². The first-order chi connectivity index (χ1) is 17.8. The topological polar surface area (TPSA) is 68.3 Å². The van der Waals surface area contributed by atoms with Gasteiger partial charge in [-0.2, -0.15) is 0 Å². The number of piperazine rings is 1. The Morgan fingerprint density at radius 2 is 1.76 bits per heavy atom. The van der Waals surface area contributed by atoms with Crippen molar-refractivity contribution in [3.05, 3.63) is 59.9 Å². The highest BCUT2D eigenvalue weighted by atomic mass is 19.1. The van der Waals surface area contributed by atoms with Gasteiger partial charge in [-0.05, 0) is 82.0 Å². The number of ether oxygens (including phenoxy) is 3. The number of carbonyl (C=O) groups excluding carboxylic acids is 2. The normalized spacial score (nSPS) is 22.1. The quantitative estimate of drug-likeness (QED) is 0.444. The number of aldehydes is 1. The second-order valence-electron chi connectivity index (χ2n) is 10.1. The molecule has 1 amide bonds. The zero-order valence-corrected chi connectivity index (χ0v) is 21.9. The van der Waals surface area contributed by atoms with E-state index in [0.717, 1.165) is 30.6 Å². The molecule has 0 spiro atoms. The van der Waals surface area contributed by atoms with Crippen molar-refractivity contribution in [1.82, 2.24) is 4.90 Å². The van der Waals surface area contributed by atoms with E-state index in [1.165, 1.54) is 17.7 Å². The van der Waals surface area contributed by atoms with Crippen molar-refractivity contribution in [2.45, 2.75) is 58.0 Å². The summed E-state index contributed by atoms with van der Waals surface area (Å²) in [6, 6.07) is 14.4. The predicted octanol–water partition coefficient (Wildman–Crippen LogP) is 4.23. The van der Waals surface area contributed by atoms with Gasteiger partial charge in [-0.1, -0.05) is 12.1 Å². The predicted molar refractivity (Wildman–Crippen MR) is 139 cm³/mol. The lowest BCUT2D eigenvalue weighted by Crippen LogP contribution is -2.53. The van der Waals surface area contributed by atoms with Crippen LogP contribution in [0, 0.1) is 11.7 Å². The maximum atomic E-state index is 13.8. The average molecular weight is 513 g/mol. The lowest BCUT2D eigenvalue weighted by atomic mass is 9.90. The van der Waals surface area contributed by atoms with E-state index in [1.54, 1.807) is 26.0 Å². The SMILES string of the molecule is CCOc1ccc(CCC[C@@H](C(=O)N2CCN(c3ccc(F)cc3)CC2)[C@@H]2OC(C)(C)OC2C=O)cc1. The Hall–Kier alpha value is -2.97. The number of hydrogen-bond donors (Lipinski definition) is 0. The number of anilines is 1. The molecule has 37 heavy (non-hydrogen) atoms. The largest absolute Gasteiger partial charge is 0.494 e. The molecule has 0 aliphatic carbocycles. The number of rotatable bonds is 10. The molecule has 2 aromatic rings. The minimum absolute atomic E-state index is 0.0106. The van der Waals surface area contributed by atoms with Gasteiger partial charge < -0.3 is 28.8 Å². The van der Waals surface area contributed by atoms with Crippen LogP contribution in [-0.2, 0) is 25.5 Å². The Bertz CT molecular complexity index is 1040. The number of nitrogens with zero attached hydrogens (tertiary/aromatic N) is 2. The summed E-state index contributed by atoms with van der Waals surface area (Å²) in [5.74, 6) is -0.852. The first-order valence-electron chi connectivity index (χ1n) is 13.1. The van der Waals surface area contributed by atoms with Crippen LogP contribution in [-0.4, -0.2) is 67.9 Å². The second-order valence-corrected chi connectivity index (χ2v) is 10.1. The zero-order valence-electron chi connectivity index (χ0n) is 21.9. The number of benzene rings is 2. The molecule has 200 valence electrons. The van der Waals surface area contributed by atoms with E-state index in [2.05, 4.69) is 4.90 Å². The van der Waals surface area contributed by atoms with Gasteiger partial charge in [0, 0.05) is 31.9 Å². The standard InChI is InChI=1S/C29H37FN2O5/c1-4-35-24-14-8-21(9-15-24)6-5-7-25(27-26(20-33)36-29(2,3)37-27)28(34)32-18-16-31(17-19-32)23-12-10-22(30)11-13-23/h8-15,20,25-27H,4-7,16-19H2,1-3H3/t25-,26?,27+/m1/s1.